The van der Waals surface area contributed by atoms with Gasteiger partial charge in [-0.2, -0.15) is 10.5 Å². The van der Waals surface area contributed by atoms with Crippen LogP contribution in [-0.2, 0) is 0 Å². The molecule has 0 radical (unpaired) electrons. The summed E-state index contributed by atoms with van der Waals surface area (Å²) >= 11 is 5.32. The van der Waals surface area contributed by atoms with Crippen molar-refractivity contribution in [3.8, 4) is 40.5 Å². The molecule has 0 aliphatic rings. The minimum absolute atomic E-state index is 0.358. The molecule has 0 atom stereocenters. The van der Waals surface area contributed by atoms with Crippen LogP contribution >= 0.6 is 34.0 Å². The summed E-state index contributed by atoms with van der Waals surface area (Å²) in [4.78, 5) is 5.23. The van der Waals surface area contributed by atoms with Gasteiger partial charge in [-0.05, 0) is 48.5 Å². The van der Waals surface area contributed by atoms with Crippen LogP contribution in [0.3, 0.4) is 0 Å². The highest BCUT2D eigenvalue weighted by Crippen LogP contribution is 2.53. The fourth-order valence-corrected chi connectivity index (χ4v) is 16.5. The van der Waals surface area contributed by atoms with Gasteiger partial charge in [0, 0.05) is 90.5 Å². The first-order chi connectivity index (χ1) is 37.7. The maximum atomic E-state index is 12.7. The van der Waals surface area contributed by atoms with Gasteiger partial charge < -0.3 is 13.7 Å². The molecule has 350 valence electrons. The monoisotopic (exact) mass is 1020 g/mol. The molecule has 7 heterocycles. The summed E-state index contributed by atoms with van der Waals surface area (Å²) in [6, 6.07) is 76.7. The molecule has 0 spiro atoms. The standard InChI is InChI=1S/C67H34N6S3/c68-35-49-58(51-21-13-14-34-70-51)64(73-54-24-9-3-17-39(54)45-30-33-48-42-20-6-12-27-57(42)76-67(48)63(45)73)60(72-53-23-8-2-16-38(53)44-29-32-47-41-19-5-11-26-56(41)75-66(47)62(44)72)50(36-69)59(49)71-52-22-7-1-15-37(52)43-28-31-46-40-18-4-10-25-55(40)74-65(46)61(43)71/h1-34H. The summed E-state index contributed by atoms with van der Waals surface area (Å²) in [5.41, 5.74) is 9.66. The number of rotatable bonds is 4. The number of aromatic nitrogens is 4. The molecule has 7 aromatic heterocycles. The van der Waals surface area contributed by atoms with E-state index in [2.05, 4.69) is 208 Å². The zero-order valence-corrected chi connectivity index (χ0v) is 42.5. The third-order valence-electron chi connectivity index (χ3n) is 15.8. The molecule has 0 N–H and O–H groups in total. The van der Waals surface area contributed by atoms with Gasteiger partial charge in [-0.15, -0.1) is 34.0 Å². The van der Waals surface area contributed by atoms with Crippen LogP contribution in [0.5, 0.6) is 0 Å². The van der Waals surface area contributed by atoms with E-state index in [-0.39, 0.29) is 0 Å². The van der Waals surface area contributed by atoms with Crippen molar-refractivity contribution in [2.24, 2.45) is 0 Å². The molecule has 17 aromatic rings. The number of nitriles is 2. The Bertz CT molecular complexity index is 5510. The van der Waals surface area contributed by atoms with Gasteiger partial charge in [-0.25, -0.2) is 0 Å². The summed E-state index contributed by atoms with van der Waals surface area (Å²) in [7, 11) is 0. The Morgan fingerprint density at radius 2 is 0.671 bits per heavy atom. The summed E-state index contributed by atoms with van der Waals surface area (Å²) < 4.78 is 13.9. The molecule has 76 heavy (non-hydrogen) atoms. The van der Waals surface area contributed by atoms with E-state index in [4.69, 9.17) is 4.98 Å². The number of nitrogens with zero attached hydrogens (tertiary/aromatic N) is 6. The van der Waals surface area contributed by atoms with Crippen LogP contribution < -0.4 is 0 Å². The van der Waals surface area contributed by atoms with E-state index in [1.165, 1.54) is 30.3 Å². The minimum atomic E-state index is 0.358. The summed E-state index contributed by atoms with van der Waals surface area (Å²) in [5.74, 6) is 0. The summed E-state index contributed by atoms with van der Waals surface area (Å²) in [5, 5.41) is 38.5. The van der Waals surface area contributed by atoms with Crippen molar-refractivity contribution in [1.82, 2.24) is 18.7 Å². The van der Waals surface area contributed by atoms with Crippen molar-refractivity contribution in [2.75, 3.05) is 0 Å². The Hall–Kier alpha value is -9.61. The van der Waals surface area contributed by atoms with Gasteiger partial charge in [0.2, 0.25) is 0 Å². The number of hydrogen-bond donors (Lipinski definition) is 0. The molecule has 0 aliphatic heterocycles. The predicted molar refractivity (Wildman–Crippen MR) is 321 cm³/mol. The van der Waals surface area contributed by atoms with E-state index in [1.807, 2.05) is 24.4 Å². The van der Waals surface area contributed by atoms with Crippen LogP contribution in [0.15, 0.2) is 206 Å². The summed E-state index contributed by atoms with van der Waals surface area (Å²) in [6.45, 7) is 0. The fourth-order valence-electron chi connectivity index (χ4n) is 12.7. The lowest BCUT2D eigenvalue weighted by molar-refractivity contribution is 1.06. The molecule has 6 nitrogen and oxygen atoms in total. The highest BCUT2D eigenvalue weighted by Gasteiger charge is 2.35. The number of para-hydroxylation sites is 3. The van der Waals surface area contributed by atoms with Gasteiger partial charge in [-0.3, -0.25) is 4.98 Å². The van der Waals surface area contributed by atoms with Gasteiger partial charge in [-0.1, -0.05) is 152 Å². The van der Waals surface area contributed by atoms with Gasteiger partial charge >= 0.3 is 0 Å². The Labute approximate surface area is 444 Å². The second kappa shape index (κ2) is 15.5. The molecule has 17 rings (SSSR count). The number of fused-ring (bicyclic) bond motifs is 21. The zero-order valence-electron chi connectivity index (χ0n) is 40.0. The molecular weight excluding hydrogens is 985 g/mol. The van der Waals surface area contributed by atoms with Crippen molar-refractivity contribution in [3.63, 3.8) is 0 Å². The van der Waals surface area contributed by atoms with Crippen molar-refractivity contribution in [2.45, 2.75) is 0 Å². The lowest BCUT2D eigenvalue weighted by Gasteiger charge is -2.26. The minimum Gasteiger partial charge on any atom is -0.305 e. The Morgan fingerprint density at radius 3 is 1.08 bits per heavy atom. The van der Waals surface area contributed by atoms with E-state index in [1.54, 1.807) is 34.0 Å². The van der Waals surface area contributed by atoms with Gasteiger partial charge in [0.25, 0.3) is 0 Å². The molecule has 0 amide bonds. The molecular formula is C67H34N6S3. The van der Waals surface area contributed by atoms with E-state index >= 15 is 0 Å². The molecule has 0 bridgehead atoms. The maximum Gasteiger partial charge on any atom is 0.104 e. The van der Waals surface area contributed by atoms with Crippen LogP contribution in [0.1, 0.15) is 11.1 Å². The van der Waals surface area contributed by atoms with Crippen LogP contribution in [0.2, 0.25) is 0 Å². The van der Waals surface area contributed by atoms with Crippen molar-refractivity contribution >= 4 is 160 Å². The Balaban J connectivity index is 1.19. The van der Waals surface area contributed by atoms with Crippen LogP contribution in [0.4, 0.5) is 0 Å². The topological polar surface area (TPSA) is 75.3 Å². The average molecular weight is 1020 g/mol. The third-order valence-corrected chi connectivity index (χ3v) is 19.4. The smallest absolute Gasteiger partial charge is 0.104 e. The lowest BCUT2D eigenvalue weighted by atomic mass is 9.93. The van der Waals surface area contributed by atoms with E-state index < -0.39 is 0 Å². The number of hydrogen-bond acceptors (Lipinski definition) is 6. The predicted octanol–water partition coefficient (Wildman–Crippen LogP) is 18.9. The number of thiophene rings is 3. The fraction of sp³-hybridized carbons (Fsp3) is 0. The molecule has 0 aliphatic carbocycles. The largest absolute Gasteiger partial charge is 0.305 e. The lowest BCUT2D eigenvalue weighted by Crippen LogP contribution is -2.14. The number of benzene rings is 10. The second-order valence-electron chi connectivity index (χ2n) is 19.5. The molecule has 10 aromatic carbocycles. The first-order valence-corrected chi connectivity index (χ1v) is 27.6. The van der Waals surface area contributed by atoms with Crippen molar-refractivity contribution in [1.29, 1.82) is 10.5 Å². The van der Waals surface area contributed by atoms with Gasteiger partial charge in [0.1, 0.15) is 17.7 Å². The third kappa shape index (κ3) is 5.38. The molecule has 0 fully saturated rings. The Kier molecular flexibility index (Phi) is 8.51. The molecule has 0 saturated heterocycles. The second-order valence-corrected chi connectivity index (χ2v) is 22.6. The SMILES string of the molecule is N#Cc1c(-c2ccccn2)c(-n2c3ccccc3c3ccc4c5ccccc5sc4c32)c(-n2c3ccccc3c3ccc4c5ccccc5sc4c32)c(C#N)c1-n1c2ccccc2c2ccc3c4ccccc4sc3c21. The molecule has 0 saturated carbocycles. The maximum absolute atomic E-state index is 12.7. The van der Waals surface area contributed by atoms with Gasteiger partial charge in [0.05, 0.1) is 75.5 Å². The van der Waals surface area contributed by atoms with E-state index in [0.29, 0.717) is 39.4 Å². The Morgan fingerprint density at radius 1 is 0.316 bits per heavy atom. The van der Waals surface area contributed by atoms with Crippen LogP contribution in [0, 0.1) is 22.7 Å². The van der Waals surface area contributed by atoms with Crippen LogP contribution in [-0.4, -0.2) is 18.7 Å². The normalized spacial score (nSPS) is 12.2. The summed E-state index contributed by atoms with van der Waals surface area (Å²) in [6.07, 6.45) is 1.82. The quantitative estimate of drug-likeness (QED) is 0.176. The number of pyridine rings is 1. The average Bonchev–Trinajstić information content (AvgIpc) is 4.51. The van der Waals surface area contributed by atoms with Crippen molar-refractivity contribution in [3.05, 3.63) is 218 Å². The first kappa shape index (κ1) is 41.8. The molecule has 0 unspecified atom stereocenters. The zero-order chi connectivity index (χ0) is 49.9. The molecule has 9 heteroatoms. The van der Waals surface area contributed by atoms with E-state index in [9.17, 15) is 10.5 Å². The van der Waals surface area contributed by atoms with Crippen LogP contribution in [0.25, 0.3) is 154 Å². The van der Waals surface area contributed by atoms with E-state index in [0.717, 1.165) is 95.7 Å². The van der Waals surface area contributed by atoms with Crippen molar-refractivity contribution < 1.29 is 0 Å². The highest BCUT2D eigenvalue weighted by molar-refractivity contribution is 7.27. The van der Waals surface area contributed by atoms with Gasteiger partial charge in [0.15, 0.2) is 0 Å². The first-order valence-electron chi connectivity index (χ1n) is 25.2. The highest BCUT2D eigenvalue weighted by atomic mass is 32.1.